The van der Waals surface area contributed by atoms with Gasteiger partial charge in [0.05, 0.1) is 0 Å². The van der Waals surface area contributed by atoms with Crippen molar-refractivity contribution in [3.8, 4) is 0 Å². The maximum Gasteiger partial charge on any atom is 0.239 e. The predicted molar refractivity (Wildman–Crippen MR) is 86.2 cm³/mol. The summed E-state index contributed by atoms with van der Waals surface area (Å²) in [7, 11) is 0. The Morgan fingerprint density at radius 2 is 1.81 bits per heavy atom. The summed E-state index contributed by atoms with van der Waals surface area (Å²) < 4.78 is 0. The van der Waals surface area contributed by atoms with Crippen LogP contribution in [0.1, 0.15) is 45.7 Å². The molecular formula is C17H26N2O2. The predicted octanol–water partition coefficient (Wildman–Crippen LogP) is 3.05. The molecule has 0 saturated carbocycles. The van der Waals surface area contributed by atoms with Gasteiger partial charge in [-0.3, -0.25) is 9.59 Å². The number of anilines is 1. The third kappa shape index (κ3) is 4.06. The summed E-state index contributed by atoms with van der Waals surface area (Å²) in [6, 6.07) is 5.93. The lowest BCUT2D eigenvalue weighted by atomic mass is 9.90. The quantitative estimate of drug-likeness (QED) is 0.819. The van der Waals surface area contributed by atoms with Crippen molar-refractivity contribution in [2.75, 3.05) is 5.32 Å². The van der Waals surface area contributed by atoms with Crippen molar-refractivity contribution in [2.45, 2.75) is 54.0 Å². The highest BCUT2D eigenvalue weighted by Crippen LogP contribution is 2.25. The van der Waals surface area contributed by atoms with Crippen molar-refractivity contribution < 1.29 is 9.59 Å². The monoisotopic (exact) mass is 290 g/mol. The van der Waals surface area contributed by atoms with Gasteiger partial charge in [-0.25, -0.2) is 0 Å². The first-order chi connectivity index (χ1) is 9.70. The van der Waals surface area contributed by atoms with Gasteiger partial charge in [-0.15, -0.1) is 0 Å². The lowest BCUT2D eigenvalue weighted by Crippen LogP contribution is -2.47. The van der Waals surface area contributed by atoms with Crippen LogP contribution in [0.4, 0.5) is 5.69 Å². The molecule has 116 valence electrons. The molecule has 0 unspecified atom stereocenters. The van der Waals surface area contributed by atoms with E-state index >= 15 is 0 Å². The van der Waals surface area contributed by atoms with Crippen LogP contribution in [0, 0.1) is 12.3 Å². The Morgan fingerprint density at radius 3 is 2.33 bits per heavy atom. The number of carbonyl (C=O) groups is 2. The van der Waals surface area contributed by atoms with Crippen molar-refractivity contribution in [1.82, 2.24) is 5.32 Å². The molecule has 0 bridgehead atoms. The smallest absolute Gasteiger partial charge is 0.239 e. The molecule has 1 aromatic rings. The Balaban J connectivity index is 2.98. The summed E-state index contributed by atoms with van der Waals surface area (Å²) in [4.78, 5) is 24.7. The second kappa shape index (κ2) is 6.74. The minimum Gasteiger partial charge on any atom is -0.353 e. The Hall–Kier alpha value is -1.84. The second-order valence-electron chi connectivity index (χ2n) is 6.17. The normalized spacial score (nSPS) is 11.4. The molecular weight excluding hydrogens is 264 g/mol. The maximum absolute atomic E-state index is 12.5. The van der Waals surface area contributed by atoms with E-state index < -0.39 is 5.41 Å². The SMILES string of the molecule is CCc1cccc(C)c1NC(=O)C(C)(C)C(=O)NC(C)C. The summed E-state index contributed by atoms with van der Waals surface area (Å²) in [6.07, 6.45) is 0.829. The standard InChI is InChI=1S/C17H26N2O2/c1-7-13-10-8-9-12(4)14(13)19-16(21)17(5,6)15(20)18-11(2)3/h8-11H,7H2,1-6H3,(H,18,20)(H,19,21). The van der Waals surface area contributed by atoms with Crippen molar-refractivity contribution in [3.63, 3.8) is 0 Å². The van der Waals surface area contributed by atoms with Gasteiger partial charge in [0.25, 0.3) is 0 Å². The van der Waals surface area contributed by atoms with Crippen LogP contribution < -0.4 is 10.6 Å². The minimum atomic E-state index is -1.11. The lowest BCUT2D eigenvalue weighted by Gasteiger charge is -2.25. The zero-order chi connectivity index (χ0) is 16.2. The molecule has 4 nitrogen and oxygen atoms in total. The summed E-state index contributed by atoms with van der Waals surface area (Å²) >= 11 is 0. The number of carbonyl (C=O) groups excluding carboxylic acids is 2. The van der Waals surface area contributed by atoms with E-state index in [0.29, 0.717) is 0 Å². The van der Waals surface area contributed by atoms with Gasteiger partial charge in [-0.1, -0.05) is 25.1 Å². The van der Waals surface area contributed by atoms with Gasteiger partial charge in [0.15, 0.2) is 0 Å². The zero-order valence-electron chi connectivity index (χ0n) is 13.8. The van der Waals surface area contributed by atoms with E-state index in [2.05, 4.69) is 10.6 Å². The van der Waals surface area contributed by atoms with E-state index in [1.165, 1.54) is 0 Å². The van der Waals surface area contributed by atoms with Gasteiger partial charge in [0, 0.05) is 11.7 Å². The molecule has 0 radical (unpaired) electrons. The van der Waals surface area contributed by atoms with Crippen molar-refractivity contribution in [2.24, 2.45) is 5.41 Å². The number of amides is 2. The van der Waals surface area contributed by atoms with Gasteiger partial charge in [0.2, 0.25) is 11.8 Å². The average Bonchev–Trinajstić information content (AvgIpc) is 2.39. The molecule has 0 heterocycles. The molecule has 1 aromatic carbocycles. The van der Waals surface area contributed by atoms with Gasteiger partial charge in [0.1, 0.15) is 5.41 Å². The first-order valence-corrected chi connectivity index (χ1v) is 7.41. The first kappa shape index (κ1) is 17.2. The third-order valence-electron chi connectivity index (χ3n) is 3.53. The van der Waals surface area contributed by atoms with Crippen LogP contribution in [0.25, 0.3) is 0 Å². The Labute approximate surface area is 127 Å². The van der Waals surface area contributed by atoms with Crippen LogP contribution >= 0.6 is 0 Å². The van der Waals surface area contributed by atoms with Crippen molar-refractivity contribution in [3.05, 3.63) is 29.3 Å². The van der Waals surface area contributed by atoms with Crippen LogP contribution in [0.2, 0.25) is 0 Å². The van der Waals surface area contributed by atoms with Crippen LogP contribution in [-0.4, -0.2) is 17.9 Å². The number of hydrogen-bond acceptors (Lipinski definition) is 2. The van der Waals surface area contributed by atoms with E-state index in [4.69, 9.17) is 0 Å². The van der Waals surface area contributed by atoms with E-state index in [-0.39, 0.29) is 17.9 Å². The molecule has 0 spiro atoms. The van der Waals surface area contributed by atoms with Gasteiger partial charge in [-0.2, -0.15) is 0 Å². The van der Waals surface area contributed by atoms with Crippen LogP contribution in [0.5, 0.6) is 0 Å². The Morgan fingerprint density at radius 1 is 1.19 bits per heavy atom. The highest BCUT2D eigenvalue weighted by atomic mass is 16.2. The van der Waals surface area contributed by atoms with Crippen molar-refractivity contribution in [1.29, 1.82) is 0 Å². The minimum absolute atomic E-state index is 0.00855. The molecule has 21 heavy (non-hydrogen) atoms. The third-order valence-corrected chi connectivity index (χ3v) is 3.53. The molecule has 0 saturated heterocycles. The molecule has 0 aliphatic heterocycles. The number of hydrogen-bond donors (Lipinski definition) is 2. The number of nitrogens with one attached hydrogen (secondary N) is 2. The second-order valence-corrected chi connectivity index (χ2v) is 6.17. The van der Waals surface area contributed by atoms with E-state index in [1.54, 1.807) is 13.8 Å². The van der Waals surface area contributed by atoms with Crippen molar-refractivity contribution >= 4 is 17.5 Å². The molecule has 2 amide bonds. The zero-order valence-corrected chi connectivity index (χ0v) is 13.8. The molecule has 0 atom stereocenters. The average molecular weight is 290 g/mol. The summed E-state index contributed by atoms with van der Waals surface area (Å²) in [5.41, 5.74) is 1.78. The number of aryl methyl sites for hydroxylation is 2. The maximum atomic E-state index is 12.5. The van der Waals surface area contributed by atoms with E-state index in [9.17, 15) is 9.59 Å². The molecule has 0 fully saturated rings. The first-order valence-electron chi connectivity index (χ1n) is 7.41. The number of benzene rings is 1. The van der Waals surface area contributed by atoms with Gasteiger partial charge >= 0.3 is 0 Å². The number of rotatable bonds is 5. The fraction of sp³-hybridized carbons (Fsp3) is 0.529. The molecule has 0 aliphatic carbocycles. The van der Waals surface area contributed by atoms with Gasteiger partial charge < -0.3 is 10.6 Å². The fourth-order valence-corrected chi connectivity index (χ4v) is 2.02. The summed E-state index contributed by atoms with van der Waals surface area (Å²) in [5, 5.41) is 5.72. The van der Waals surface area contributed by atoms with E-state index in [0.717, 1.165) is 23.2 Å². The van der Waals surface area contributed by atoms with Crippen LogP contribution in [0.15, 0.2) is 18.2 Å². The molecule has 0 aromatic heterocycles. The van der Waals surface area contributed by atoms with E-state index in [1.807, 2.05) is 45.9 Å². The lowest BCUT2D eigenvalue weighted by molar-refractivity contribution is -0.138. The highest BCUT2D eigenvalue weighted by molar-refractivity contribution is 6.10. The largest absolute Gasteiger partial charge is 0.353 e. The molecule has 4 heteroatoms. The summed E-state index contributed by atoms with van der Waals surface area (Å²) in [6.45, 7) is 11.0. The van der Waals surface area contributed by atoms with Crippen LogP contribution in [-0.2, 0) is 16.0 Å². The van der Waals surface area contributed by atoms with Crippen LogP contribution in [0.3, 0.4) is 0 Å². The summed E-state index contributed by atoms with van der Waals surface area (Å²) in [5.74, 6) is -0.550. The van der Waals surface area contributed by atoms with Gasteiger partial charge in [-0.05, 0) is 52.2 Å². The highest BCUT2D eigenvalue weighted by Gasteiger charge is 2.36. The number of para-hydroxylation sites is 1. The topological polar surface area (TPSA) is 58.2 Å². The molecule has 1 rings (SSSR count). The molecule has 2 N–H and O–H groups in total. The Bertz CT molecular complexity index is 534. The fourth-order valence-electron chi connectivity index (χ4n) is 2.02. The Kier molecular flexibility index (Phi) is 5.53. The molecule has 0 aliphatic rings.